The van der Waals surface area contributed by atoms with Gasteiger partial charge in [0.1, 0.15) is 5.82 Å². The van der Waals surface area contributed by atoms with Crippen molar-refractivity contribution >= 4 is 11.8 Å². The molecule has 1 aliphatic carbocycles. The summed E-state index contributed by atoms with van der Waals surface area (Å²) in [6.07, 6.45) is 4.58. The molecular weight excluding hydrogens is 345 g/mol. The van der Waals surface area contributed by atoms with Crippen molar-refractivity contribution in [2.24, 2.45) is 5.92 Å². The minimum atomic E-state index is -0.478. The number of hydrogen-bond acceptors (Lipinski definition) is 3. The Labute approximate surface area is 161 Å². The zero-order valence-corrected chi connectivity index (χ0v) is 16.4. The summed E-state index contributed by atoms with van der Waals surface area (Å²) in [5.74, 6) is -0.144. The minimum Gasteiger partial charge on any atom is -0.345 e. The van der Waals surface area contributed by atoms with Crippen molar-refractivity contribution in [1.82, 2.24) is 14.7 Å². The highest BCUT2D eigenvalue weighted by Crippen LogP contribution is 2.32. The van der Waals surface area contributed by atoms with Crippen LogP contribution in [-0.4, -0.2) is 72.3 Å². The number of benzene rings is 1. The van der Waals surface area contributed by atoms with Crippen LogP contribution in [0.25, 0.3) is 0 Å². The summed E-state index contributed by atoms with van der Waals surface area (Å²) in [7, 11) is 1.86. The summed E-state index contributed by atoms with van der Waals surface area (Å²) in [5.41, 5.74) is 0.125. The second-order valence-corrected chi connectivity index (χ2v) is 7.65. The highest BCUT2D eigenvalue weighted by Gasteiger charge is 2.38. The van der Waals surface area contributed by atoms with E-state index in [9.17, 15) is 14.0 Å². The first-order valence-corrected chi connectivity index (χ1v) is 10.1. The van der Waals surface area contributed by atoms with Crippen LogP contribution in [0, 0.1) is 11.7 Å². The molecule has 6 heteroatoms. The number of halogens is 1. The van der Waals surface area contributed by atoms with Gasteiger partial charge in [-0.25, -0.2) is 4.39 Å². The summed E-state index contributed by atoms with van der Waals surface area (Å²) in [6.45, 7) is 5.07. The summed E-state index contributed by atoms with van der Waals surface area (Å²) in [6, 6.07) is 6.03. The molecule has 0 aromatic heterocycles. The van der Waals surface area contributed by atoms with Crippen molar-refractivity contribution < 1.29 is 14.0 Å². The van der Waals surface area contributed by atoms with Crippen LogP contribution in [0.3, 0.4) is 0 Å². The van der Waals surface area contributed by atoms with Crippen LogP contribution < -0.4 is 0 Å². The first-order valence-electron chi connectivity index (χ1n) is 10.1. The SMILES string of the molecule is CCN(C)C(=O)C(C1CCCC1)N1CCN(C(=O)c2ccccc2F)CC1. The van der Waals surface area contributed by atoms with Crippen molar-refractivity contribution in [3.63, 3.8) is 0 Å². The topological polar surface area (TPSA) is 43.9 Å². The van der Waals surface area contributed by atoms with Gasteiger partial charge < -0.3 is 9.80 Å². The number of likely N-dealkylation sites (N-methyl/N-ethyl adjacent to an activating group) is 1. The van der Waals surface area contributed by atoms with Gasteiger partial charge in [-0.15, -0.1) is 0 Å². The third-order valence-corrected chi connectivity index (χ3v) is 6.05. The second kappa shape index (κ2) is 8.83. The zero-order valence-electron chi connectivity index (χ0n) is 16.4. The first kappa shape index (κ1) is 19.8. The Morgan fingerprint density at radius 3 is 2.37 bits per heavy atom. The molecule has 2 fully saturated rings. The molecule has 1 atom stereocenters. The predicted octanol–water partition coefficient (Wildman–Crippen LogP) is 2.62. The fraction of sp³-hybridized carbons (Fsp3) is 0.619. The van der Waals surface area contributed by atoms with Gasteiger partial charge in [-0.2, -0.15) is 0 Å². The minimum absolute atomic E-state index is 0.0943. The van der Waals surface area contributed by atoms with E-state index in [4.69, 9.17) is 0 Å². The fourth-order valence-electron chi connectivity index (χ4n) is 4.32. The van der Waals surface area contributed by atoms with Gasteiger partial charge in [-0.05, 0) is 37.8 Å². The summed E-state index contributed by atoms with van der Waals surface area (Å²) in [5, 5.41) is 0. The molecule has 0 spiro atoms. The van der Waals surface area contributed by atoms with E-state index in [-0.39, 0.29) is 23.4 Å². The lowest BCUT2D eigenvalue weighted by atomic mass is 9.94. The molecule has 1 unspecified atom stereocenters. The van der Waals surface area contributed by atoms with E-state index >= 15 is 0 Å². The number of piperazine rings is 1. The molecular formula is C21H30FN3O2. The van der Waals surface area contributed by atoms with E-state index in [0.29, 0.717) is 38.6 Å². The van der Waals surface area contributed by atoms with E-state index < -0.39 is 5.82 Å². The Hall–Kier alpha value is -1.95. The standard InChI is InChI=1S/C21H30FN3O2/c1-3-23(2)21(27)19(16-8-4-5-9-16)24-12-14-25(15-13-24)20(26)17-10-6-7-11-18(17)22/h6-7,10-11,16,19H,3-5,8-9,12-15H2,1-2H3. The van der Waals surface area contributed by atoms with Crippen LogP contribution in [0.4, 0.5) is 4.39 Å². The second-order valence-electron chi connectivity index (χ2n) is 7.65. The maximum absolute atomic E-state index is 13.9. The number of amides is 2. The number of rotatable bonds is 5. The summed E-state index contributed by atoms with van der Waals surface area (Å²) >= 11 is 0. The van der Waals surface area contributed by atoms with Crippen molar-refractivity contribution in [3.05, 3.63) is 35.6 Å². The average Bonchev–Trinajstić information content (AvgIpc) is 3.22. The van der Waals surface area contributed by atoms with E-state index in [1.807, 2.05) is 14.0 Å². The normalized spacial score (nSPS) is 19.9. The molecule has 1 aliphatic heterocycles. The highest BCUT2D eigenvalue weighted by molar-refractivity contribution is 5.94. The first-order chi connectivity index (χ1) is 13.0. The van der Waals surface area contributed by atoms with Gasteiger partial charge in [0.2, 0.25) is 5.91 Å². The molecule has 1 aromatic rings. The average molecular weight is 375 g/mol. The molecule has 1 saturated heterocycles. The molecule has 148 valence electrons. The van der Waals surface area contributed by atoms with Crippen molar-refractivity contribution in [2.75, 3.05) is 39.8 Å². The van der Waals surface area contributed by atoms with Crippen molar-refractivity contribution in [1.29, 1.82) is 0 Å². The smallest absolute Gasteiger partial charge is 0.256 e. The molecule has 1 heterocycles. The van der Waals surface area contributed by atoms with E-state index in [0.717, 1.165) is 12.8 Å². The largest absolute Gasteiger partial charge is 0.345 e. The quantitative estimate of drug-likeness (QED) is 0.795. The summed E-state index contributed by atoms with van der Waals surface area (Å²) < 4.78 is 13.9. The Morgan fingerprint density at radius 1 is 1.15 bits per heavy atom. The van der Waals surface area contributed by atoms with Gasteiger partial charge in [-0.1, -0.05) is 25.0 Å². The lowest BCUT2D eigenvalue weighted by Gasteiger charge is -2.42. The van der Waals surface area contributed by atoms with Crippen LogP contribution in [0.15, 0.2) is 24.3 Å². The van der Waals surface area contributed by atoms with Gasteiger partial charge in [-0.3, -0.25) is 14.5 Å². The maximum atomic E-state index is 13.9. The van der Waals surface area contributed by atoms with Crippen molar-refractivity contribution in [2.45, 2.75) is 38.6 Å². The van der Waals surface area contributed by atoms with Crippen LogP contribution in [0.1, 0.15) is 43.0 Å². The Kier molecular flexibility index (Phi) is 6.47. The molecule has 0 N–H and O–H groups in total. The molecule has 0 radical (unpaired) electrons. The Bertz CT molecular complexity index is 667. The molecule has 3 rings (SSSR count). The highest BCUT2D eigenvalue weighted by atomic mass is 19.1. The Balaban J connectivity index is 1.67. The van der Waals surface area contributed by atoms with Crippen LogP contribution in [0.5, 0.6) is 0 Å². The monoisotopic (exact) mass is 375 g/mol. The molecule has 2 amide bonds. The van der Waals surface area contributed by atoms with E-state index in [2.05, 4.69) is 4.90 Å². The molecule has 5 nitrogen and oxygen atoms in total. The fourth-order valence-corrected chi connectivity index (χ4v) is 4.32. The zero-order chi connectivity index (χ0) is 19.4. The molecule has 2 aliphatic rings. The molecule has 27 heavy (non-hydrogen) atoms. The summed E-state index contributed by atoms with van der Waals surface area (Å²) in [4.78, 5) is 31.4. The van der Waals surface area contributed by atoms with E-state index in [1.165, 1.54) is 25.0 Å². The molecule has 0 bridgehead atoms. The molecule has 1 saturated carbocycles. The van der Waals surface area contributed by atoms with E-state index in [1.54, 1.807) is 21.9 Å². The number of hydrogen-bond donors (Lipinski definition) is 0. The van der Waals surface area contributed by atoms with Crippen LogP contribution in [-0.2, 0) is 4.79 Å². The predicted molar refractivity (Wildman–Crippen MR) is 103 cm³/mol. The van der Waals surface area contributed by atoms with Gasteiger partial charge >= 0.3 is 0 Å². The lowest BCUT2D eigenvalue weighted by Crippen LogP contribution is -2.58. The molecule has 1 aromatic carbocycles. The maximum Gasteiger partial charge on any atom is 0.256 e. The van der Waals surface area contributed by atoms with Crippen molar-refractivity contribution in [3.8, 4) is 0 Å². The van der Waals surface area contributed by atoms with Gasteiger partial charge in [0.25, 0.3) is 5.91 Å². The van der Waals surface area contributed by atoms with Crippen LogP contribution >= 0.6 is 0 Å². The third-order valence-electron chi connectivity index (χ3n) is 6.05. The van der Waals surface area contributed by atoms with Gasteiger partial charge in [0, 0.05) is 39.8 Å². The number of carbonyl (C=O) groups is 2. The number of nitrogens with zero attached hydrogens (tertiary/aromatic N) is 3. The lowest BCUT2D eigenvalue weighted by molar-refractivity contribution is -0.138. The van der Waals surface area contributed by atoms with Gasteiger partial charge in [0.15, 0.2) is 0 Å². The van der Waals surface area contributed by atoms with Crippen LogP contribution in [0.2, 0.25) is 0 Å². The Morgan fingerprint density at radius 2 is 1.78 bits per heavy atom. The van der Waals surface area contributed by atoms with Gasteiger partial charge in [0.05, 0.1) is 11.6 Å². The number of carbonyl (C=O) groups excluding carboxylic acids is 2. The third kappa shape index (κ3) is 4.32.